The van der Waals surface area contributed by atoms with Gasteiger partial charge in [0.1, 0.15) is 5.75 Å². The number of thiophene rings is 1. The summed E-state index contributed by atoms with van der Waals surface area (Å²) in [4.78, 5) is 0. The third-order valence-corrected chi connectivity index (χ3v) is 4.45. The molecule has 2 nitrogen and oxygen atoms in total. The van der Waals surface area contributed by atoms with Gasteiger partial charge in [0, 0.05) is 11.1 Å². The molecule has 0 bridgehead atoms. The van der Waals surface area contributed by atoms with Crippen LogP contribution in [0.3, 0.4) is 0 Å². The molecule has 1 atom stereocenters. The Kier molecular flexibility index (Phi) is 3.72. The van der Waals surface area contributed by atoms with Gasteiger partial charge < -0.3 is 9.84 Å². The maximum Gasteiger partial charge on any atom is 0.122 e. The van der Waals surface area contributed by atoms with Crippen LogP contribution < -0.4 is 4.74 Å². The lowest BCUT2D eigenvalue weighted by molar-refractivity contribution is 0.179. The highest BCUT2D eigenvalue weighted by molar-refractivity contribution is 7.17. The first kappa shape index (κ1) is 13.2. The molecule has 0 aliphatic rings. The van der Waals surface area contributed by atoms with Crippen molar-refractivity contribution in [3.63, 3.8) is 0 Å². The van der Waals surface area contributed by atoms with Crippen LogP contribution >= 0.6 is 11.3 Å². The van der Waals surface area contributed by atoms with E-state index in [0.717, 1.165) is 21.6 Å². The smallest absolute Gasteiger partial charge is 0.122 e. The molecule has 2 aromatic carbocycles. The van der Waals surface area contributed by atoms with E-state index in [2.05, 4.69) is 17.5 Å². The zero-order valence-corrected chi connectivity index (χ0v) is 12.1. The molecule has 0 saturated carbocycles. The molecule has 0 radical (unpaired) electrons. The lowest BCUT2D eigenvalue weighted by atomic mass is 10.00. The second-order valence-electron chi connectivity index (χ2n) is 4.72. The molecule has 3 aromatic rings. The third kappa shape index (κ3) is 2.42. The van der Waals surface area contributed by atoms with E-state index >= 15 is 0 Å². The summed E-state index contributed by atoms with van der Waals surface area (Å²) in [6.45, 7) is 0. The number of methoxy groups -OCH3 is 1. The molecule has 0 fully saturated rings. The largest absolute Gasteiger partial charge is 0.496 e. The first-order chi connectivity index (χ1) is 9.79. The fraction of sp³-hybridized carbons (Fsp3) is 0.176. The van der Waals surface area contributed by atoms with Crippen molar-refractivity contribution in [2.75, 3.05) is 7.11 Å². The molecular formula is C17H16O2S. The van der Waals surface area contributed by atoms with Gasteiger partial charge >= 0.3 is 0 Å². The molecule has 0 spiro atoms. The number of hydrogen-bond acceptors (Lipinski definition) is 3. The Hall–Kier alpha value is -1.84. The SMILES string of the molecule is COc1ccccc1CC(O)c1cccc2ccsc12. The van der Waals surface area contributed by atoms with Crippen molar-refractivity contribution in [3.05, 3.63) is 65.0 Å². The monoisotopic (exact) mass is 284 g/mol. The van der Waals surface area contributed by atoms with Gasteiger partial charge in [0.15, 0.2) is 0 Å². The van der Waals surface area contributed by atoms with Crippen LogP contribution in [0.25, 0.3) is 10.1 Å². The van der Waals surface area contributed by atoms with Gasteiger partial charge in [0.2, 0.25) is 0 Å². The van der Waals surface area contributed by atoms with Gasteiger partial charge in [-0.1, -0.05) is 36.4 Å². The van der Waals surface area contributed by atoms with Crippen LogP contribution in [0.4, 0.5) is 0 Å². The number of aliphatic hydroxyl groups excluding tert-OH is 1. The summed E-state index contributed by atoms with van der Waals surface area (Å²) in [6, 6.07) is 16.0. The Morgan fingerprint density at radius 2 is 1.95 bits per heavy atom. The predicted octanol–water partition coefficient (Wildman–Crippen LogP) is 4.19. The minimum Gasteiger partial charge on any atom is -0.496 e. The lowest BCUT2D eigenvalue weighted by Gasteiger charge is -2.14. The molecule has 102 valence electrons. The van der Waals surface area contributed by atoms with Gasteiger partial charge in [0.05, 0.1) is 13.2 Å². The summed E-state index contributed by atoms with van der Waals surface area (Å²) in [5.74, 6) is 0.824. The quantitative estimate of drug-likeness (QED) is 0.778. The Labute approximate surface area is 122 Å². The number of aliphatic hydroxyl groups is 1. The molecule has 20 heavy (non-hydrogen) atoms. The minimum absolute atomic E-state index is 0.520. The topological polar surface area (TPSA) is 29.5 Å². The molecule has 3 rings (SSSR count). The number of rotatable bonds is 4. The van der Waals surface area contributed by atoms with Crippen LogP contribution in [0.1, 0.15) is 17.2 Å². The molecular weight excluding hydrogens is 268 g/mol. The van der Waals surface area contributed by atoms with E-state index in [0.29, 0.717) is 6.42 Å². The number of ether oxygens (including phenoxy) is 1. The zero-order valence-electron chi connectivity index (χ0n) is 11.2. The second-order valence-corrected chi connectivity index (χ2v) is 5.63. The molecule has 0 amide bonds. The standard InChI is InChI=1S/C17H16O2S/c1-19-16-8-3-2-5-13(16)11-15(18)14-7-4-6-12-9-10-20-17(12)14/h2-10,15,18H,11H2,1H3. The Balaban J connectivity index is 1.93. The Morgan fingerprint density at radius 1 is 1.10 bits per heavy atom. The van der Waals surface area contributed by atoms with Crippen molar-refractivity contribution < 1.29 is 9.84 Å². The minimum atomic E-state index is -0.520. The average Bonchev–Trinajstić information content (AvgIpc) is 2.96. The lowest BCUT2D eigenvalue weighted by Crippen LogP contribution is -2.03. The molecule has 0 aliphatic heterocycles. The van der Waals surface area contributed by atoms with Crippen LogP contribution in [-0.4, -0.2) is 12.2 Å². The second kappa shape index (κ2) is 5.65. The maximum atomic E-state index is 10.6. The summed E-state index contributed by atoms with van der Waals surface area (Å²) in [7, 11) is 1.66. The fourth-order valence-corrected chi connectivity index (χ4v) is 3.43. The van der Waals surface area contributed by atoms with Crippen molar-refractivity contribution >= 4 is 21.4 Å². The highest BCUT2D eigenvalue weighted by Gasteiger charge is 2.14. The number of para-hydroxylation sites is 1. The molecule has 0 saturated heterocycles. The molecule has 3 heteroatoms. The summed E-state index contributed by atoms with van der Waals surface area (Å²) in [6.07, 6.45) is 0.0368. The van der Waals surface area contributed by atoms with Gasteiger partial charge in [-0.15, -0.1) is 11.3 Å². The highest BCUT2D eigenvalue weighted by Crippen LogP contribution is 2.32. The molecule has 1 heterocycles. The Morgan fingerprint density at radius 3 is 2.80 bits per heavy atom. The van der Waals surface area contributed by atoms with Crippen molar-refractivity contribution in [1.29, 1.82) is 0 Å². The Bertz CT molecular complexity index is 718. The summed E-state index contributed by atoms with van der Waals surface area (Å²) >= 11 is 1.67. The van der Waals surface area contributed by atoms with Crippen LogP contribution in [0.2, 0.25) is 0 Å². The zero-order chi connectivity index (χ0) is 13.9. The van der Waals surface area contributed by atoms with Crippen molar-refractivity contribution in [1.82, 2.24) is 0 Å². The summed E-state index contributed by atoms with van der Waals surface area (Å²) < 4.78 is 6.51. The van der Waals surface area contributed by atoms with E-state index in [1.54, 1.807) is 18.4 Å². The van der Waals surface area contributed by atoms with E-state index in [1.807, 2.05) is 36.4 Å². The van der Waals surface area contributed by atoms with E-state index < -0.39 is 6.10 Å². The first-order valence-corrected chi connectivity index (χ1v) is 7.43. The summed E-state index contributed by atoms with van der Waals surface area (Å²) in [5.41, 5.74) is 2.01. The predicted molar refractivity (Wildman–Crippen MR) is 83.5 cm³/mol. The maximum absolute atomic E-state index is 10.6. The highest BCUT2D eigenvalue weighted by atomic mass is 32.1. The average molecular weight is 284 g/mol. The first-order valence-electron chi connectivity index (χ1n) is 6.55. The van der Waals surface area contributed by atoms with E-state index in [9.17, 15) is 5.11 Å². The van der Waals surface area contributed by atoms with Crippen LogP contribution in [-0.2, 0) is 6.42 Å². The molecule has 1 N–H and O–H groups in total. The van der Waals surface area contributed by atoms with E-state index in [1.165, 1.54) is 5.39 Å². The van der Waals surface area contributed by atoms with Gasteiger partial charge in [-0.05, 0) is 34.0 Å². The van der Waals surface area contributed by atoms with E-state index in [-0.39, 0.29) is 0 Å². The third-order valence-electron chi connectivity index (χ3n) is 3.47. The number of benzene rings is 2. The molecule has 1 aromatic heterocycles. The molecule has 0 aliphatic carbocycles. The molecule has 1 unspecified atom stereocenters. The van der Waals surface area contributed by atoms with E-state index in [4.69, 9.17) is 4.74 Å². The fourth-order valence-electron chi connectivity index (χ4n) is 2.47. The number of hydrogen-bond donors (Lipinski definition) is 1. The van der Waals surface area contributed by atoms with Crippen LogP contribution in [0.5, 0.6) is 5.75 Å². The number of fused-ring (bicyclic) bond motifs is 1. The van der Waals surface area contributed by atoms with Gasteiger partial charge in [-0.2, -0.15) is 0 Å². The van der Waals surface area contributed by atoms with Crippen molar-refractivity contribution in [3.8, 4) is 5.75 Å². The van der Waals surface area contributed by atoms with Crippen molar-refractivity contribution in [2.45, 2.75) is 12.5 Å². The van der Waals surface area contributed by atoms with Crippen LogP contribution in [0, 0.1) is 0 Å². The van der Waals surface area contributed by atoms with Gasteiger partial charge in [-0.3, -0.25) is 0 Å². The van der Waals surface area contributed by atoms with Gasteiger partial charge in [0.25, 0.3) is 0 Å². The van der Waals surface area contributed by atoms with Crippen molar-refractivity contribution in [2.24, 2.45) is 0 Å². The van der Waals surface area contributed by atoms with Crippen LogP contribution in [0.15, 0.2) is 53.9 Å². The van der Waals surface area contributed by atoms with Gasteiger partial charge in [-0.25, -0.2) is 0 Å². The summed E-state index contributed by atoms with van der Waals surface area (Å²) in [5, 5.41) is 13.8. The normalized spacial score (nSPS) is 12.5.